The van der Waals surface area contributed by atoms with Crippen LogP contribution < -0.4 is 9.47 Å². The summed E-state index contributed by atoms with van der Waals surface area (Å²) >= 11 is 6.97. The van der Waals surface area contributed by atoms with Crippen molar-refractivity contribution in [3.05, 3.63) is 106 Å². The number of aliphatic carboxylic acids is 1. The van der Waals surface area contributed by atoms with Gasteiger partial charge in [-0.05, 0) is 58.4 Å². The van der Waals surface area contributed by atoms with Crippen molar-refractivity contribution in [2.24, 2.45) is 0 Å². The number of hydrogen-bond donors (Lipinski definition) is 1. The minimum Gasteiger partial charge on any atom is -0.496 e. The summed E-state index contributed by atoms with van der Waals surface area (Å²) < 4.78 is 17.3. The van der Waals surface area contributed by atoms with Gasteiger partial charge in [-0.2, -0.15) is 0 Å². The third-order valence-electron chi connectivity index (χ3n) is 5.65. The maximum absolute atomic E-state index is 12.3. The number of carboxylic acids is 1. The first-order chi connectivity index (χ1) is 18.5. The van der Waals surface area contributed by atoms with Crippen LogP contribution in [0.3, 0.4) is 0 Å². The van der Waals surface area contributed by atoms with Gasteiger partial charge in [0.05, 0.1) is 12.7 Å². The van der Waals surface area contributed by atoms with Gasteiger partial charge in [0.25, 0.3) is 11.1 Å². The summed E-state index contributed by atoms with van der Waals surface area (Å²) in [5.74, 6) is 0.0759. The molecule has 9 heteroatoms. The van der Waals surface area contributed by atoms with Crippen molar-refractivity contribution < 1.29 is 23.8 Å². The molecule has 0 spiro atoms. The molecule has 7 nitrogen and oxygen atoms in total. The average Bonchev–Trinajstić information content (AvgIpc) is 3.41. The summed E-state index contributed by atoms with van der Waals surface area (Å²) in [7, 11) is 1.52. The largest absolute Gasteiger partial charge is 0.496 e. The summed E-state index contributed by atoms with van der Waals surface area (Å²) in [6.45, 7) is 0.337. The predicted octanol–water partition coefficient (Wildman–Crippen LogP) is 7.35. The van der Waals surface area contributed by atoms with Gasteiger partial charge in [0.2, 0.25) is 0 Å². The van der Waals surface area contributed by atoms with Crippen LogP contribution in [-0.2, 0) is 11.4 Å². The van der Waals surface area contributed by atoms with E-state index < -0.39 is 5.97 Å². The van der Waals surface area contributed by atoms with Crippen molar-refractivity contribution >= 4 is 46.2 Å². The van der Waals surface area contributed by atoms with Crippen LogP contribution in [0.2, 0.25) is 5.02 Å². The van der Waals surface area contributed by atoms with E-state index in [0.717, 1.165) is 28.1 Å². The fraction of sp³-hybridized carbons (Fsp3) is 0.0690. The lowest BCUT2D eigenvalue weighted by atomic mass is 10.0. The number of aromatic nitrogens is 2. The number of hydrogen-bond acceptors (Lipinski definition) is 7. The molecule has 1 heterocycles. The number of thioether (sulfide) groups is 1. The molecule has 1 aromatic heterocycles. The third-order valence-corrected chi connectivity index (χ3v) is 6.74. The Bertz CT molecular complexity index is 1640. The van der Waals surface area contributed by atoms with Crippen molar-refractivity contribution in [3.63, 3.8) is 0 Å². The van der Waals surface area contributed by atoms with Gasteiger partial charge in [0.1, 0.15) is 23.0 Å². The fourth-order valence-electron chi connectivity index (χ4n) is 3.85. The molecule has 38 heavy (non-hydrogen) atoms. The molecular formula is C29H21ClN2O5S. The summed E-state index contributed by atoms with van der Waals surface area (Å²) in [5, 5.41) is 20.5. The van der Waals surface area contributed by atoms with Gasteiger partial charge in [-0.15, -0.1) is 10.2 Å². The van der Waals surface area contributed by atoms with E-state index in [0.29, 0.717) is 34.3 Å². The van der Waals surface area contributed by atoms with Crippen LogP contribution in [0.5, 0.6) is 11.5 Å². The van der Waals surface area contributed by atoms with Crippen molar-refractivity contribution in [1.82, 2.24) is 10.2 Å². The lowest BCUT2D eigenvalue weighted by molar-refractivity contribution is -0.131. The molecule has 0 saturated carbocycles. The smallest absolute Gasteiger partial charge is 0.342 e. The fourth-order valence-corrected chi connectivity index (χ4v) is 4.68. The van der Waals surface area contributed by atoms with Gasteiger partial charge in [-0.1, -0.05) is 72.3 Å². The number of ether oxygens (including phenoxy) is 2. The second kappa shape index (κ2) is 11.4. The van der Waals surface area contributed by atoms with Crippen LogP contribution in [0.1, 0.15) is 11.1 Å². The predicted molar refractivity (Wildman–Crippen MR) is 147 cm³/mol. The molecule has 0 amide bonds. The second-order valence-electron chi connectivity index (χ2n) is 8.11. The Kier molecular flexibility index (Phi) is 7.62. The van der Waals surface area contributed by atoms with Crippen LogP contribution in [0.15, 0.2) is 99.5 Å². The van der Waals surface area contributed by atoms with Crippen LogP contribution in [0.4, 0.5) is 0 Å². The number of rotatable bonds is 9. The first-order valence-corrected chi connectivity index (χ1v) is 12.7. The molecule has 0 unspecified atom stereocenters. The molecule has 0 aliphatic rings. The van der Waals surface area contributed by atoms with E-state index in [1.54, 1.807) is 24.3 Å². The molecule has 0 fully saturated rings. The molecule has 0 aliphatic heterocycles. The number of carboxylic acid groups (broad SMARTS) is 1. The Morgan fingerprint density at radius 2 is 1.76 bits per heavy atom. The first-order valence-electron chi connectivity index (χ1n) is 11.5. The summed E-state index contributed by atoms with van der Waals surface area (Å²) in [5.41, 5.74) is 2.14. The van der Waals surface area contributed by atoms with Crippen molar-refractivity contribution in [2.75, 3.05) is 7.11 Å². The van der Waals surface area contributed by atoms with Gasteiger partial charge in [-0.3, -0.25) is 0 Å². The molecule has 190 valence electrons. The second-order valence-corrected chi connectivity index (χ2v) is 9.54. The van der Waals surface area contributed by atoms with Crippen molar-refractivity contribution in [3.8, 4) is 23.0 Å². The number of fused-ring (bicyclic) bond motifs is 1. The van der Waals surface area contributed by atoms with E-state index in [-0.39, 0.29) is 16.0 Å². The highest BCUT2D eigenvalue weighted by molar-refractivity contribution is 8.03. The lowest BCUT2D eigenvalue weighted by Gasteiger charge is -2.13. The molecule has 5 rings (SSSR count). The molecule has 1 N–H and O–H groups in total. The summed E-state index contributed by atoms with van der Waals surface area (Å²) in [6.07, 6.45) is 1.57. The van der Waals surface area contributed by atoms with Gasteiger partial charge in [0, 0.05) is 10.6 Å². The zero-order valence-electron chi connectivity index (χ0n) is 20.1. The number of nitrogens with zero attached hydrogens (tertiary/aromatic N) is 2. The normalized spacial score (nSPS) is 11.5. The topological polar surface area (TPSA) is 94.7 Å². The maximum Gasteiger partial charge on any atom is 0.342 e. The van der Waals surface area contributed by atoms with Crippen molar-refractivity contribution in [1.29, 1.82) is 0 Å². The average molecular weight is 545 g/mol. The van der Waals surface area contributed by atoms with E-state index in [2.05, 4.69) is 10.2 Å². The SMILES string of the molecule is COc1ccc(Cl)cc1-c1nnc(S/C(=C\c2c(OCc3ccccc3)ccc3ccccc23)C(=O)O)o1. The molecular weight excluding hydrogens is 524 g/mol. The number of halogens is 1. The monoisotopic (exact) mass is 544 g/mol. The minimum absolute atomic E-state index is 0.0147. The van der Waals surface area contributed by atoms with Gasteiger partial charge < -0.3 is 19.0 Å². The highest BCUT2D eigenvalue weighted by Crippen LogP contribution is 2.37. The Labute approximate surface area is 227 Å². The Morgan fingerprint density at radius 1 is 1.00 bits per heavy atom. The van der Waals surface area contributed by atoms with Crippen LogP contribution >= 0.6 is 23.4 Å². The molecule has 4 aromatic carbocycles. The van der Waals surface area contributed by atoms with Crippen molar-refractivity contribution in [2.45, 2.75) is 11.8 Å². The van der Waals surface area contributed by atoms with E-state index >= 15 is 0 Å². The quantitative estimate of drug-likeness (QED) is 0.152. The number of carbonyl (C=O) groups is 1. The molecule has 0 saturated heterocycles. The zero-order chi connectivity index (χ0) is 26.5. The van der Waals surface area contributed by atoms with Gasteiger partial charge in [0.15, 0.2) is 0 Å². The van der Waals surface area contributed by atoms with E-state index in [1.165, 1.54) is 7.11 Å². The van der Waals surface area contributed by atoms with E-state index in [1.807, 2.05) is 66.7 Å². The van der Waals surface area contributed by atoms with Gasteiger partial charge >= 0.3 is 5.97 Å². The maximum atomic E-state index is 12.3. The molecule has 5 aromatic rings. The molecule has 0 aliphatic carbocycles. The van der Waals surface area contributed by atoms with Crippen LogP contribution in [0.25, 0.3) is 28.3 Å². The Balaban J connectivity index is 1.50. The lowest BCUT2D eigenvalue weighted by Crippen LogP contribution is -2.00. The first kappa shape index (κ1) is 25.4. The van der Waals surface area contributed by atoms with E-state index in [9.17, 15) is 9.90 Å². The highest BCUT2D eigenvalue weighted by atomic mass is 35.5. The summed E-state index contributed by atoms with van der Waals surface area (Å²) in [4.78, 5) is 12.3. The molecule has 0 atom stereocenters. The Morgan fingerprint density at radius 3 is 2.55 bits per heavy atom. The van der Waals surface area contributed by atoms with Crippen LogP contribution in [0, 0.1) is 0 Å². The standard InChI is InChI=1S/C29H21ClN2O5S/c1-35-24-14-12-20(30)15-23(24)27-31-32-29(37-27)38-26(28(33)34)16-22-21-10-6-5-9-19(21)11-13-25(22)36-17-18-7-3-2-4-8-18/h2-16H,17H2,1H3,(H,33,34)/b26-16-. The Hall–Kier alpha value is -4.27. The number of methoxy groups -OCH3 is 1. The zero-order valence-corrected chi connectivity index (χ0v) is 21.7. The highest BCUT2D eigenvalue weighted by Gasteiger charge is 2.20. The summed E-state index contributed by atoms with van der Waals surface area (Å²) in [6, 6.07) is 26.3. The third kappa shape index (κ3) is 5.66. The number of benzene rings is 4. The molecule has 0 bridgehead atoms. The minimum atomic E-state index is -1.14. The molecule has 0 radical (unpaired) electrons. The van der Waals surface area contributed by atoms with E-state index in [4.69, 9.17) is 25.5 Å². The van der Waals surface area contributed by atoms with Gasteiger partial charge in [-0.25, -0.2) is 4.79 Å². The van der Waals surface area contributed by atoms with Crippen LogP contribution in [-0.4, -0.2) is 28.4 Å².